The first-order chi connectivity index (χ1) is 19.1. The maximum atomic E-state index is 12.2. The first-order valence-electron chi connectivity index (χ1n) is 17.4. The molecule has 1 rings (SSSR count). The summed E-state index contributed by atoms with van der Waals surface area (Å²) in [5.41, 5.74) is 0.280. The van der Waals surface area contributed by atoms with Gasteiger partial charge in [0.05, 0.1) is 6.04 Å². The molecule has 0 unspecified atom stereocenters. The topological polar surface area (TPSA) is 66.4 Å². The summed E-state index contributed by atoms with van der Waals surface area (Å²) < 4.78 is 0. The zero-order chi connectivity index (χ0) is 28.2. The first kappa shape index (κ1) is 35.9. The summed E-state index contributed by atoms with van der Waals surface area (Å²) in [4.78, 5) is 23.7. The lowest BCUT2D eigenvalue weighted by Gasteiger charge is -2.07. The molecule has 1 atom stereocenters. The number of aliphatic carboxylic acids is 1. The molecule has 2 N–H and O–H groups in total. The third-order valence-corrected chi connectivity index (χ3v) is 8.54. The monoisotopic (exact) mass is 547 g/mol. The first-order valence-corrected chi connectivity index (χ1v) is 17.4. The van der Waals surface area contributed by atoms with Crippen molar-refractivity contribution in [3.8, 4) is 0 Å². The SMILES string of the molecule is CCCCCCCCCCCCCCCCCCCCCCCCCCCC(=CC(=O)[C@@H]1CCCN1)C(=O)O. The van der Waals surface area contributed by atoms with Gasteiger partial charge in [-0.05, 0) is 38.3 Å². The smallest absolute Gasteiger partial charge is 0.331 e. The Kier molecular flexibility index (Phi) is 24.9. The number of carbonyl (C=O) groups is 2. The normalized spacial score (nSPS) is 15.7. The van der Waals surface area contributed by atoms with E-state index < -0.39 is 5.97 Å². The minimum atomic E-state index is -0.939. The Bertz CT molecular complexity index is 609. The van der Waals surface area contributed by atoms with Gasteiger partial charge in [0.25, 0.3) is 0 Å². The van der Waals surface area contributed by atoms with E-state index >= 15 is 0 Å². The van der Waals surface area contributed by atoms with Crippen LogP contribution in [-0.4, -0.2) is 29.4 Å². The number of hydrogen-bond donors (Lipinski definition) is 2. The van der Waals surface area contributed by atoms with Crippen LogP contribution >= 0.6 is 0 Å². The van der Waals surface area contributed by atoms with E-state index in [1.807, 2.05) is 0 Å². The predicted octanol–water partition coefficient (Wildman–Crippen LogP) is 10.5. The largest absolute Gasteiger partial charge is 0.478 e. The van der Waals surface area contributed by atoms with E-state index in [0.717, 1.165) is 32.2 Å². The van der Waals surface area contributed by atoms with Crippen molar-refractivity contribution in [2.45, 2.75) is 193 Å². The van der Waals surface area contributed by atoms with E-state index in [0.29, 0.717) is 6.42 Å². The number of carbonyl (C=O) groups excluding carboxylic acids is 1. The van der Waals surface area contributed by atoms with Gasteiger partial charge in [0.15, 0.2) is 5.78 Å². The Morgan fingerprint density at radius 3 is 1.28 bits per heavy atom. The quantitative estimate of drug-likeness (QED) is 0.0722. The van der Waals surface area contributed by atoms with Gasteiger partial charge >= 0.3 is 5.97 Å². The maximum absolute atomic E-state index is 12.2. The van der Waals surface area contributed by atoms with Crippen LogP contribution in [0.4, 0.5) is 0 Å². The fourth-order valence-corrected chi connectivity index (χ4v) is 5.90. The van der Waals surface area contributed by atoms with Gasteiger partial charge in [0, 0.05) is 5.57 Å². The number of ketones is 1. The molecule has 1 aliphatic heterocycles. The molecular formula is C35H65NO3. The summed E-state index contributed by atoms with van der Waals surface area (Å²) in [6.45, 7) is 3.15. The van der Waals surface area contributed by atoms with Gasteiger partial charge in [-0.15, -0.1) is 0 Å². The lowest BCUT2D eigenvalue weighted by molar-refractivity contribution is -0.133. The van der Waals surface area contributed by atoms with E-state index in [1.54, 1.807) is 0 Å². The molecular weight excluding hydrogens is 482 g/mol. The number of hydrogen-bond acceptors (Lipinski definition) is 3. The van der Waals surface area contributed by atoms with Crippen LogP contribution in [0.2, 0.25) is 0 Å². The van der Waals surface area contributed by atoms with E-state index in [9.17, 15) is 14.7 Å². The molecule has 0 amide bonds. The van der Waals surface area contributed by atoms with Gasteiger partial charge in [-0.2, -0.15) is 0 Å². The van der Waals surface area contributed by atoms with E-state index in [-0.39, 0.29) is 17.4 Å². The average Bonchev–Trinajstić information content (AvgIpc) is 3.47. The molecule has 1 aliphatic rings. The summed E-state index contributed by atoms with van der Waals surface area (Å²) in [5, 5.41) is 12.6. The van der Waals surface area contributed by atoms with Crippen molar-refractivity contribution in [2.24, 2.45) is 0 Å². The van der Waals surface area contributed by atoms with Crippen LogP contribution in [0.5, 0.6) is 0 Å². The molecule has 1 saturated heterocycles. The lowest BCUT2D eigenvalue weighted by atomic mass is 10.0. The predicted molar refractivity (Wildman–Crippen MR) is 167 cm³/mol. The van der Waals surface area contributed by atoms with Crippen LogP contribution in [0.15, 0.2) is 11.6 Å². The maximum Gasteiger partial charge on any atom is 0.331 e. The third kappa shape index (κ3) is 22.2. The molecule has 0 spiro atoms. The molecule has 39 heavy (non-hydrogen) atoms. The molecule has 0 aliphatic carbocycles. The van der Waals surface area contributed by atoms with Crippen molar-refractivity contribution in [2.75, 3.05) is 6.54 Å². The zero-order valence-corrected chi connectivity index (χ0v) is 25.9. The number of carboxylic acid groups (broad SMARTS) is 1. The second-order valence-electron chi connectivity index (χ2n) is 12.3. The Labute approximate surface area is 242 Å². The number of nitrogens with one attached hydrogen (secondary N) is 1. The van der Waals surface area contributed by atoms with E-state index in [1.165, 1.54) is 154 Å². The second kappa shape index (κ2) is 27.0. The van der Waals surface area contributed by atoms with Gasteiger partial charge in [-0.3, -0.25) is 4.79 Å². The summed E-state index contributed by atoms with van der Waals surface area (Å²) >= 11 is 0. The highest BCUT2D eigenvalue weighted by Gasteiger charge is 2.21. The zero-order valence-electron chi connectivity index (χ0n) is 25.9. The highest BCUT2D eigenvalue weighted by Crippen LogP contribution is 2.17. The Morgan fingerprint density at radius 2 is 0.974 bits per heavy atom. The van der Waals surface area contributed by atoms with Crippen molar-refractivity contribution < 1.29 is 14.7 Å². The minimum Gasteiger partial charge on any atom is -0.478 e. The summed E-state index contributed by atoms with van der Waals surface area (Å²) in [6, 6.07) is -0.177. The number of rotatable bonds is 29. The van der Waals surface area contributed by atoms with Crippen molar-refractivity contribution in [3.05, 3.63) is 11.6 Å². The van der Waals surface area contributed by atoms with Gasteiger partial charge < -0.3 is 10.4 Å². The van der Waals surface area contributed by atoms with Crippen LogP contribution in [0.1, 0.15) is 187 Å². The van der Waals surface area contributed by atoms with Crippen molar-refractivity contribution in [1.82, 2.24) is 5.32 Å². The molecule has 0 aromatic heterocycles. The van der Waals surface area contributed by atoms with Crippen molar-refractivity contribution >= 4 is 11.8 Å². The molecule has 1 fully saturated rings. The van der Waals surface area contributed by atoms with E-state index in [4.69, 9.17) is 0 Å². The van der Waals surface area contributed by atoms with Gasteiger partial charge in [-0.25, -0.2) is 4.79 Å². The second-order valence-corrected chi connectivity index (χ2v) is 12.3. The molecule has 228 valence electrons. The van der Waals surface area contributed by atoms with Gasteiger partial charge in [-0.1, -0.05) is 161 Å². The minimum absolute atomic E-state index is 0.0653. The molecule has 4 nitrogen and oxygen atoms in total. The summed E-state index contributed by atoms with van der Waals surface area (Å²) in [6.07, 6.45) is 37.9. The van der Waals surface area contributed by atoms with Crippen LogP contribution in [0.25, 0.3) is 0 Å². The average molecular weight is 548 g/mol. The highest BCUT2D eigenvalue weighted by atomic mass is 16.4. The molecule has 0 aromatic rings. The summed E-state index contributed by atoms with van der Waals surface area (Å²) in [7, 11) is 0. The van der Waals surface area contributed by atoms with Crippen molar-refractivity contribution in [3.63, 3.8) is 0 Å². The fraction of sp³-hybridized carbons (Fsp3) is 0.886. The van der Waals surface area contributed by atoms with Crippen molar-refractivity contribution in [1.29, 1.82) is 0 Å². The molecule has 1 heterocycles. The highest BCUT2D eigenvalue weighted by molar-refractivity contribution is 6.01. The van der Waals surface area contributed by atoms with Crippen LogP contribution < -0.4 is 5.32 Å². The van der Waals surface area contributed by atoms with Crippen LogP contribution in [0, 0.1) is 0 Å². The number of carboxylic acids is 1. The van der Waals surface area contributed by atoms with Crippen LogP contribution in [-0.2, 0) is 9.59 Å². The molecule has 0 bridgehead atoms. The standard InChI is InChI=1S/C35H65NO3/c1-2-3-4-5-6-7-8-9-10-11-12-13-14-15-16-17-18-19-20-21-22-23-24-25-26-28-32(35(38)39)31-34(37)33-29-27-30-36-33/h31,33,36H,2-30H2,1H3,(H,38,39)/t33-/m0/s1. The molecule has 0 saturated carbocycles. The Balaban J connectivity index is 1.78. The summed E-state index contributed by atoms with van der Waals surface area (Å²) in [5.74, 6) is -1.00. The van der Waals surface area contributed by atoms with Gasteiger partial charge in [0.2, 0.25) is 0 Å². The molecule has 0 aromatic carbocycles. The van der Waals surface area contributed by atoms with E-state index in [2.05, 4.69) is 12.2 Å². The van der Waals surface area contributed by atoms with Crippen LogP contribution in [0.3, 0.4) is 0 Å². The number of unbranched alkanes of at least 4 members (excludes halogenated alkanes) is 24. The Hall–Kier alpha value is -1.16. The lowest BCUT2D eigenvalue weighted by Crippen LogP contribution is -2.29. The molecule has 0 radical (unpaired) electrons. The molecule has 4 heteroatoms. The Morgan fingerprint density at radius 1 is 0.615 bits per heavy atom. The fourth-order valence-electron chi connectivity index (χ4n) is 5.90. The third-order valence-electron chi connectivity index (χ3n) is 8.54. The van der Waals surface area contributed by atoms with Gasteiger partial charge in [0.1, 0.15) is 0 Å².